The fourth-order valence-corrected chi connectivity index (χ4v) is 3.57. The lowest BCUT2D eigenvalue weighted by molar-refractivity contribution is -0.129. The Bertz CT molecular complexity index is 1030. The Morgan fingerprint density at radius 3 is 2.87 bits per heavy atom. The zero-order chi connectivity index (χ0) is 20.9. The van der Waals surface area contributed by atoms with Crippen LogP contribution < -0.4 is 10.1 Å². The quantitative estimate of drug-likeness (QED) is 0.691. The molecule has 1 N–H and O–H groups in total. The third kappa shape index (κ3) is 4.74. The molecule has 0 saturated heterocycles. The van der Waals surface area contributed by atoms with Crippen molar-refractivity contribution in [3.05, 3.63) is 83.3 Å². The van der Waals surface area contributed by atoms with E-state index in [2.05, 4.69) is 15.3 Å². The van der Waals surface area contributed by atoms with E-state index in [1.807, 2.05) is 30.3 Å². The van der Waals surface area contributed by atoms with Gasteiger partial charge < -0.3 is 15.0 Å². The second kappa shape index (κ2) is 8.90. The molecule has 1 aromatic heterocycles. The van der Waals surface area contributed by atoms with E-state index in [0.29, 0.717) is 37.9 Å². The number of nitrogens with zero attached hydrogens (tertiary/aromatic N) is 3. The van der Waals surface area contributed by atoms with Gasteiger partial charge in [-0.25, -0.2) is 9.37 Å². The van der Waals surface area contributed by atoms with E-state index in [1.165, 1.54) is 19.1 Å². The van der Waals surface area contributed by atoms with Crippen LogP contribution in [-0.2, 0) is 17.9 Å². The molecule has 4 rings (SSSR count). The molecule has 0 bridgehead atoms. The summed E-state index contributed by atoms with van der Waals surface area (Å²) in [6.07, 6.45) is 2.30. The predicted molar refractivity (Wildman–Crippen MR) is 111 cm³/mol. The number of rotatable bonds is 5. The van der Waals surface area contributed by atoms with Gasteiger partial charge in [-0.1, -0.05) is 36.4 Å². The Labute approximate surface area is 174 Å². The van der Waals surface area contributed by atoms with Crippen molar-refractivity contribution >= 4 is 11.9 Å². The van der Waals surface area contributed by atoms with Crippen molar-refractivity contribution in [1.29, 1.82) is 0 Å². The number of hydrogen-bond donors (Lipinski definition) is 1. The second-order valence-corrected chi connectivity index (χ2v) is 7.26. The molecule has 3 aromatic rings. The summed E-state index contributed by atoms with van der Waals surface area (Å²) < 4.78 is 19.6. The zero-order valence-corrected chi connectivity index (χ0v) is 16.7. The van der Waals surface area contributed by atoms with Crippen molar-refractivity contribution < 1.29 is 13.9 Å². The summed E-state index contributed by atoms with van der Waals surface area (Å²) in [6, 6.07) is 16.1. The largest absolute Gasteiger partial charge is 0.473 e. The third-order valence-electron chi connectivity index (χ3n) is 5.14. The molecular weight excluding hydrogens is 383 g/mol. The Kier molecular flexibility index (Phi) is 5.88. The summed E-state index contributed by atoms with van der Waals surface area (Å²) in [5, 5.41) is 3.33. The summed E-state index contributed by atoms with van der Waals surface area (Å²) in [7, 11) is 0. The minimum absolute atomic E-state index is 0.0292. The molecule has 0 fully saturated rings. The fourth-order valence-electron chi connectivity index (χ4n) is 3.57. The number of aromatic nitrogens is 2. The summed E-state index contributed by atoms with van der Waals surface area (Å²) in [5.41, 5.74) is 2.78. The van der Waals surface area contributed by atoms with Crippen LogP contribution in [0.15, 0.2) is 60.8 Å². The highest BCUT2D eigenvalue weighted by atomic mass is 19.1. The number of nitrogens with one attached hydrogen (secondary N) is 1. The molecule has 1 aliphatic heterocycles. The molecule has 1 atom stereocenters. The van der Waals surface area contributed by atoms with Crippen molar-refractivity contribution in [2.24, 2.45) is 0 Å². The smallest absolute Gasteiger partial charge is 0.226 e. The Hall–Kier alpha value is -3.48. The van der Waals surface area contributed by atoms with Gasteiger partial charge >= 0.3 is 0 Å². The third-order valence-corrected chi connectivity index (χ3v) is 5.14. The summed E-state index contributed by atoms with van der Waals surface area (Å²) in [5.74, 6) is 0.552. The zero-order valence-electron chi connectivity index (χ0n) is 16.7. The van der Waals surface area contributed by atoms with Crippen LogP contribution in [0.5, 0.6) is 5.88 Å². The van der Waals surface area contributed by atoms with Gasteiger partial charge in [-0.15, -0.1) is 0 Å². The van der Waals surface area contributed by atoms with Crippen LogP contribution in [0, 0.1) is 5.82 Å². The number of anilines is 1. The molecule has 1 unspecified atom stereocenters. The van der Waals surface area contributed by atoms with Crippen molar-refractivity contribution in [1.82, 2.24) is 14.9 Å². The van der Waals surface area contributed by atoms with E-state index in [-0.39, 0.29) is 17.8 Å². The molecule has 154 valence electrons. The van der Waals surface area contributed by atoms with Crippen molar-refractivity contribution in [2.45, 2.75) is 32.5 Å². The number of hydrogen-bond acceptors (Lipinski definition) is 5. The Morgan fingerprint density at radius 1 is 1.23 bits per heavy atom. The first-order valence-corrected chi connectivity index (χ1v) is 9.88. The maximum absolute atomic E-state index is 13.8. The topological polar surface area (TPSA) is 67.4 Å². The van der Waals surface area contributed by atoms with Crippen molar-refractivity contribution in [2.75, 3.05) is 11.9 Å². The average molecular weight is 406 g/mol. The van der Waals surface area contributed by atoms with Crippen LogP contribution in [0.3, 0.4) is 0 Å². The van der Waals surface area contributed by atoms with Gasteiger partial charge in [-0.05, 0) is 35.2 Å². The van der Waals surface area contributed by atoms with E-state index >= 15 is 0 Å². The van der Waals surface area contributed by atoms with Gasteiger partial charge in [0, 0.05) is 32.3 Å². The molecule has 0 saturated carbocycles. The van der Waals surface area contributed by atoms with Crippen molar-refractivity contribution in [3.8, 4) is 5.88 Å². The molecule has 0 spiro atoms. The molecule has 30 heavy (non-hydrogen) atoms. The molecular formula is C23H23FN4O2. The van der Waals surface area contributed by atoms with Gasteiger partial charge in [0.15, 0.2) is 0 Å². The summed E-state index contributed by atoms with van der Waals surface area (Å²) in [6.45, 7) is 2.90. The first-order valence-electron chi connectivity index (χ1n) is 9.88. The van der Waals surface area contributed by atoms with Gasteiger partial charge in [0.1, 0.15) is 12.4 Å². The lowest BCUT2D eigenvalue weighted by Gasteiger charge is -2.19. The Balaban J connectivity index is 1.51. The minimum Gasteiger partial charge on any atom is -0.473 e. The normalized spacial score (nSPS) is 15.8. The maximum atomic E-state index is 13.8. The van der Waals surface area contributed by atoms with Crippen LogP contribution in [-0.4, -0.2) is 27.3 Å². The van der Waals surface area contributed by atoms with E-state index in [1.54, 1.807) is 23.2 Å². The predicted octanol–water partition coefficient (Wildman–Crippen LogP) is 4.10. The lowest BCUT2D eigenvalue weighted by atomic mass is 9.99. The summed E-state index contributed by atoms with van der Waals surface area (Å²) in [4.78, 5) is 22.4. The monoisotopic (exact) mass is 406 g/mol. The number of fused-ring (bicyclic) bond motifs is 1. The summed E-state index contributed by atoms with van der Waals surface area (Å²) >= 11 is 0. The molecule has 6 nitrogen and oxygen atoms in total. The SMILES string of the molecule is CC(=O)N1CCC(Nc2nccc(OCc3ccccc3)n2)c2ccc(F)cc2C1. The van der Waals surface area contributed by atoms with Crippen molar-refractivity contribution in [3.63, 3.8) is 0 Å². The molecule has 1 amide bonds. The molecule has 0 aliphatic carbocycles. The number of benzene rings is 2. The lowest BCUT2D eigenvalue weighted by Crippen LogP contribution is -2.28. The average Bonchev–Trinajstić information content (AvgIpc) is 2.92. The number of carbonyl (C=O) groups is 1. The van der Waals surface area contributed by atoms with E-state index in [9.17, 15) is 9.18 Å². The fraction of sp³-hybridized carbons (Fsp3) is 0.261. The van der Waals surface area contributed by atoms with Gasteiger partial charge in [0.25, 0.3) is 0 Å². The van der Waals surface area contributed by atoms with E-state index in [0.717, 1.165) is 16.7 Å². The van der Waals surface area contributed by atoms with E-state index in [4.69, 9.17) is 4.74 Å². The number of halogens is 1. The van der Waals surface area contributed by atoms with Crippen LogP contribution in [0.4, 0.5) is 10.3 Å². The number of carbonyl (C=O) groups excluding carboxylic acids is 1. The number of amides is 1. The standard InChI is InChI=1S/C23H23FN4O2/c1-16(29)28-12-10-21(20-8-7-19(24)13-18(20)14-28)26-23-25-11-9-22(27-23)30-15-17-5-3-2-4-6-17/h2-9,11,13,21H,10,12,14-15H2,1H3,(H,25,26,27). The maximum Gasteiger partial charge on any atom is 0.226 e. The van der Waals surface area contributed by atoms with Crippen LogP contribution in [0.1, 0.15) is 36.1 Å². The van der Waals surface area contributed by atoms with Gasteiger partial charge in [-0.2, -0.15) is 4.98 Å². The van der Waals surface area contributed by atoms with Crippen LogP contribution in [0.25, 0.3) is 0 Å². The van der Waals surface area contributed by atoms with Crippen LogP contribution >= 0.6 is 0 Å². The van der Waals surface area contributed by atoms with Gasteiger partial charge in [0.05, 0.1) is 6.04 Å². The Morgan fingerprint density at radius 2 is 2.07 bits per heavy atom. The van der Waals surface area contributed by atoms with E-state index < -0.39 is 0 Å². The molecule has 1 aliphatic rings. The van der Waals surface area contributed by atoms with Crippen LogP contribution in [0.2, 0.25) is 0 Å². The molecule has 7 heteroatoms. The first-order chi connectivity index (χ1) is 14.6. The highest BCUT2D eigenvalue weighted by molar-refractivity contribution is 5.73. The second-order valence-electron chi connectivity index (χ2n) is 7.26. The first kappa shape index (κ1) is 19.8. The highest BCUT2D eigenvalue weighted by Gasteiger charge is 2.24. The number of ether oxygens (including phenoxy) is 1. The minimum atomic E-state index is -0.314. The van der Waals surface area contributed by atoms with Gasteiger partial charge in [-0.3, -0.25) is 4.79 Å². The molecule has 2 aromatic carbocycles. The van der Waals surface area contributed by atoms with Gasteiger partial charge in [0.2, 0.25) is 17.7 Å². The molecule has 0 radical (unpaired) electrons. The highest BCUT2D eigenvalue weighted by Crippen LogP contribution is 2.30. The molecule has 2 heterocycles.